The summed E-state index contributed by atoms with van der Waals surface area (Å²) in [6, 6.07) is 14.1. The lowest BCUT2D eigenvalue weighted by Gasteiger charge is -2.37. The number of benzene rings is 2. The third-order valence-corrected chi connectivity index (χ3v) is 7.05. The van der Waals surface area contributed by atoms with Crippen molar-refractivity contribution in [3.8, 4) is 5.75 Å². The zero-order valence-corrected chi connectivity index (χ0v) is 20.9. The van der Waals surface area contributed by atoms with Gasteiger partial charge in [-0.2, -0.15) is 0 Å². The lowest BCUT2D eigenvalue weighted by atomic mass is 10.0. The molecular formula is C26H27ClFN3O3S. The van der Waals surface area contributed by atoms with E-state index in [4.69, 9.17) is 16.3 Å². The van der Waals surface area contributed by atoms with Crippen LogP contribution in [0.4, 0.5) is 14.9 Å². The molecule has 9 heteroatoms. The molecule has 0 saturated heterocycles. The number of halogens is 2. The number of nitrogens with one attached hydrogen (secondary N) is 1. The first-order valence-corrected chi connectivity index (χ1v) is 12.8. The summed E-state index contributed by atoms with van der Waals surface area (Å²) < 4.78 is 19.2. The monoisotopic (exact) mass is 515 g/mol. The number of anilines is 1. The minimum Gasteiger partial charge on any atom is -0.491 e. The van der Waals surface area contributed by atoms with E-state index in [1.807, 2.05) is 18.4 Å². The molecule has 1 aliphatic rings. The highest BCUT2D eigenvalue weighted by atomic mass is 35.5. The summed E-state index contributed by atoms with van der Waals surface area (Å²) >= 11 is 7.70. The van der Waals surface area contributed by atoms with Crippen LogP contribution in [-0.4, -0.2) is 48.0 Å². The number of hydrogen-bond donors (Lipinski definition) is 1. The Morgan fingerprint density at radius 2 is 2.03 bits per heavy atom. The molecule has 35 heavy (non-hydrogen) atoms. The summed E-state index contributed by atoms with van der Waals surface area (Å²) in [5.74, 6) is 0.0536. The van der Waals surface area contributed by atoms with E-state index in [2.05, 4.69) is 5.32 Å². The van der Waals surface area contributed by atoms with Gasteiger partial charge in [0.1, 0.15) is 24.7 Å². The Balaban J connectivity index is 1.47. The average Bonchev–Trinajstić information content (AvgIpc) is 3.32. The van der Waals surface area contributed by atoms with E-state index in [1.165, 1.54) is 21.9 Å². The van der Waals surface area contributed by atoms with Gasteiger partial charge in [0.2, 0.25) is 5.91 Å². The molecule has 0 saturated carbocycles. The van der Waals surface area contributed by atoms with Gasteiger partial charge in [-0.15, -0.1) is 11.3 Å². The normalized spacial score (nSPS) is 14.8. The number of hydrogen-bond acceptors (Lipinski definition) is 4. The maximum atomic E-state index is 13.5. The van der Waals surface area contributed by atoms with E-state index in [0.29, 0.717) is 36.0 Å². The summed E-state index contributed by atoms with van der Waals surface area (Å²) in [6.45, 7) is 3.13. The van der Waals surface area contributed by atoms with Crippen LogP contribution in [-0.2, 0) is 11.2 Å². The van der Waals surface area contributed by atoms with Crippen LogP contribution < -0.4 is 10.1 Å². The second kappa shape index (κ2) is 11.6. The predicted octanol–water partition coefficient (Wildman–Crippen LogP) is 5.99. The van der Waals surface area contributed by atoms with Crippen molar-refractivity contribution >= 4 is 40.6 Å². The fourth-order valence-electron chi connectivity index (χ4n) is 4.13. The smallest absolute Gasteiger partial charge is 0.322 e. The van der Waals surface area contributed by atoms with E-state index in [9.17, 15) is 14.0 Å². The molecule has 1 aliphatic heterocycles. The molecule has 0 radical (unpaired) electrons. The van der Waals surface area contributed by atoms with Crippen LogP contribution in [0.2, 0.25) is 5.02 Å². The molecule has 0 spiro atoms. The van der Waals surface area contributed by atoms with Gasteiger partial charge in [-0.05, 0) is 72.3 Å². The number of fused-ring (bicyclic) bond motifs is 1. The molecule has 2 aromatic carbocycles. The van der Waals surface area contributed by atoms with E-state index in [1.54, 1.807) is 52.6 Å². The molecular weight excluding hydrogens is 489 g/mol. The number of nitrogens with zero attached hydrogens (tertiary/aromatic N) is 2. The highest BCUT2D eigenvalue weighted by Crippen LogP contribution is 2.34. The molecule has 1 unspecified atom stereocenters. The Labute approximate surface area is 213 Å². The second-order valence-corrected chi connectivity index (χ2v) is 9.72. The summed E-state index contributed by atoms with van der Waals surface area (Å²) in [6.07, 6.45) is 1.47. The van der Waals surface area contributed by atoms with Gasteiger partial charge in [0.25, 0.3) is 0 Å². The van der Waals surface area contributed by atoms with Gasteiger partial charge in [0.05, 0.1) is 6.04 Å². The fourth-order valence-corrected chi connectivity index (χ4v) is 5.24. The number of carbonyl (C=O) groups excluding carboxylic acids is 2. The van der Waals surface area contributed by atoms with Crippen molar-refractivity contribution in [3.05, 3.63) is 81.3 Å². The maximum absolute atomic E-state index is 13.5. The number of thiophene rings is 1. The molecule has 6 nitrogen and oxygen atoms in total. The van der Waals surface area contributed by atoms with Crippen molar-refractivity contribution in [1.29, 1.82) is 0 Å². The zero-order chi connectivity index (χ0) is 24.8. The molecule has 0 fully saturated rings. The Morgan fingerprint density at radius 1 is 1.23 bits per heavy atom. The number of urea groups is 1. The molecule has 4 rings (SSSR count). The Bertz CT molecular complexity index is 1170. The molecule has 3 amide bonds. The summed E-state index contributed by atoms with van der Waals surface area (Å²) in [5, 5.41) is 5.37. The Morgan fingerprint density at radius 3 is 2.77 bits per heavy atom. The predicted molar refractivity (Wildman–Crippen MR) is 137 cm³/mol. The van der Waals surface area contributed by atoms with Gasteiger partial charge in [-0.3, -0.25) is 4.79 Å². The van der Waals surface area contributed by atoms with E-state index in [0.717, 1.165) is 12.0 Å². The molecule has 1 aromatic heterocycles. The van der Waals surface area contributed by atoms with Crippen LogP contribution in [0.3, 0.4) is 0 Å². The lowest BCUT2D eigenvalue weighted by molar-refractivity contribution is -0.135. The number of carbonyl (C=O) groups is 2. The molecule has 1 N–H and O–H groups in total. The van der Waals surface area contributed by atoms with Crippen LogP contribution >= 0.6 is 22.9 Å². The van der Waals surface area contributed by atoms with Gasteiger partial charge in [-0.25, -0.2) is 9.18 Å². The summed E-state index contributed by atoms with van der Waals surface area (Å²) in [5.41, 5.74) is 1.63. The topological polar surface area (TPSA) is 61.9 Å². The minimum atomic E-state index is -0.352. The van der Waals surface area contributed by atoms with Crippen molar-refractivity contribution in [3.63, 3.8) is 0 Å². The first-order chi connectivity index (χ1) is 16.9. The van der Waals surface area contributed by atoms with Crippen molar-refractivity contribution in [1.82, 2.24) is 9.80 Å². The van der Waals surface area contributed by atoms with Crippen molar-refractivity contribution in [2.45, 2.75) is 25.8 Å². The molecule has 3 aromatic rings. The van der Waals surface area contributed by atoms with Crippen LogP contribution in [0.25, 0.3) is 0 Å². The van der Waals surface area contributed by atoms with Crippen LogP contribution in [0.15, 0.2) is 60.0 Å². The second-order valence-electron chi connectivity index (χ2n) is 8.28. The average molecular weight is 516 g/mol. The molecule has 0 bridgehead atoms. The van der Waals surface area contributed by atoms with Gasteiger partial charge in [0, 0.05) is 28.7 Å². The van der Waals surface area contributed by atoms with Gasteiger partial charge in [0.15, 0.2) is 0 Å². The number of amides is 3. The van der Waals surface area contributed by atoms with Crippen molar-refractivity contribution in [2.24, 2.45) is 0 Å². The van der Waals surface area contributed by atoms with E-state index < -0.39 is 0 Å². The van der Waals surface area contributed by atoms with Crippen LogP contribution in [0, 0.1) is 5.82 Å². The molecule has 184 valence electrons. The van der Waals surface area contributed by atoms with Gasteiger partial charge in [-0.1, -0.05) is 24.6 Å². The Hall–Kier alpha value is -3.10. The highest BCUT2D eigenvalue weighted by molar-refractivity contribution is 7.10. The quantitative estimate of drug-likeness (QED) is 0.401. The first kappa shape index (κ1) is 25.0. The first-order valence-electron chi connectivity index (χ1n) is 11.5. The molecule has 0 aliphatic carbocycles. The van der Waals surface area contributed by atoms with Crippen molar-refractivity contribution < 1.29 is 18.7 Å². The third-order valence-electron chi connectivity index (χ3n) is 5.82. The maximum Gasteiger partial charge on any atom is 0.322 e. The van der Waals surface area contributed by atoms with Gasteiger partial charge >= 0.3 is 6.03 Å². The number of ether oxygens (including phenoxy) is 1. The van der Waals surface area contributed by atoms with Crippen molar-refractivity contribution in [2.75, 3.05) is 31.6 Å². The lowest BCUT2D eigenvalue weighted by Crippen LogP contribution is -2.48. The highest BCUT2D eigenvalue weighted by Gasteiger charge is 2.33. The Kier molecular flexibility index (Phi) is 8.25. The molecule has 2 heterocycles. The largest absolute Gasteiger partial charge is 0.491 e. The van der Waals surface area contributed by atoms with E-state index >= 15 is 0 Å². The number of rotatable bonds is 8. The summed E-state index contributed by atoms with van der Waals surface area (Å²) in [7, 11) is 0. The summed E-state index contributed by atoms with van der Waals surface area (Å²) in [4.78, 5) is 31.0. The van der Waals surface area contributed by atoms with Crippen LogP contribution in [0.5, 0.6) is 5.75 Å². The molecule has 1 atom stereocenters. The standard InChI is InChI=1S/C26H27ClFN3O3S/c1-2-12-30(26(33)29-20-5-3-4-18(27)15-20)16-25(32)31-13-10-24-22(11-14-35-24)23(31)17-34-21-8-6-19(28)7-9-21/h3-9,11,14-15,23H,2,10,12-13,16-17H2,1H3,(H,29,33). The fraction of sp³-hybridized carbons (Fsp3) is 0.308. The third kappa shape index (κ3) is 6.32. The minimum absolute atomic E-state index is 0.0489. The SMILES string of the molecule is CCCN(CC(=O)N1CCc2sccc2C1COc1ccc(F)cc1)C(=O)Nc1cccc(Cl)c1. The van der Waals surface area contributed by atoms with E-state index in [-0.39, 0.29) is 36.9 Å². The van der Waals surface area contributed by atoms with Crippen LogP contribution in [0.1, 0.15) is 29.8 Å². The van der Waals surface area contributed by atoms with Gasteiger partial charge < -0.3 is 19.9 Å². The zero-order valence-electron chi connectivity index (χ0n) is 19.4.